The minimum Gasteiger partial charge on any atom is -0.264 e. The number of nitrogens with zero attached hydrogens (tertiary/aromatic N) is 1. The van der Waals surface area contributed by atoms with Crippen molar-refractivity contribution < 1.29 is 0 Å². The Hall–Kier alpha value is -0.310. The molecule has 0 fully saturated rings. The lowest BCUT2D eigenvalue weighted by Gasteiger charge is -2.03. The molecule has 0 N–H and O–H groups in total. The molecule has 13 heavy (non-hydrogen) atoms. The van der Waals surface area contributed by atoms with Crippen LogP contribution in [0.2, 0.25) is 10.0 Å². The molecular formula is C9H4BrCl2N. The number of fused-ring (bicyclic) bond motifs is 1. The van der Waals surface area contributed by atoms with Crippen LogP contribution >= 0.6 is 39.1 Å². The maximum absolute atomic E-state index is 6.02. The van der Waals surface area contributed by atoms with E-state index in [0.717, 1.165) is 15.2 Å². The van der Waals surface area contributed by atoms with Crippen molar-refractivity contribution in [1.82, 2.24) is 4.98 Å². The van der Waals surface area contributed by atoms with E-state index in [1.807, 2.05) is 6.07 Å². The quantitative estimate of drug-likeness (QED) is 0.654. The molecular weight excluding hydrogens is 273 g/mol. The molecule has 0 radical (unpaired) electrons. The minimum absolute atomic E-state index is 0.548. The van der Waals surface area contributed by atoms with E-state index in [1.54, 1.807) is 18.5 Å². The third-order valence-electron chi connectivity index (χ3n) is 1.78. The third-order valence-corrected chi connectivity index (χ3v) is 3.24. The fourth-order valence-corrected chi connectivity index (χ4v) is 2.26. The molecule has 1 aromatic carbocycles. The van der Waals surface area contributed by atoms with Gasteiger partial charge in [0.05, 0.1) is 10.0 Å². The number of hydrogen-bond donors (Lipinski definition) is 0. The van der Waals surface area contributed by atoms with Crippen molar-refractivity contribution >= 4 is 49.9 Å². The van der Waals surface area contributed by atoms with Crippen molar-refractivity contribution in [2.75, 3.05) is 0 Å². The van der Waals surface area contributed by atoms with Crippen LogP contribution in [0, 0.1) is 0 Å². The molecule has 4 heteroatoms. The summed E-state index contributed by atoms with van der Waals surface area (Å²) < 4.78 is 0.907. The molecule has 0 unspecified atom stereocenters. The van der Waals surface area contributed by atoms with Crippen LogP contribution in [0.4, 0.5) is 0 Å². The highest BCUT2D eigenvalue weighted by molar-refractivity contribution is 9.10. The normalized spacial score (nSPS) is 10.7. The number of rotatable bonds is 0. The number of pyridine rings is 1. The number of aromatic nitrogens is 1. The van der Waals surface area contributed by atoms with Crippen LogP contribution in [0.15, 0.2) is 29.0 Å². The Labute approximate surface area is 93.8 Å². The largest absolute Gasteiger partial charge is 0.264 e. The molecule has 2 aromatic rings. The SMILES string of the molecule is Clc1cc(Br)c2cnccc2c1Cl. The van der Waals surface area contributed by atoms with Crippen molar-refractivity contribution in [1.29, 1.82) is 0 Å². The zero-order valence-corrected chi connectivity index (χ0v) is 9.49. The van der Waals surface area contributed by atoms with Gasteiger partial charge in [0.1, 0.15) is 0 Å². The Kier molecular flexibility index (Phi) is 2.45. The number of benzene rings is 1. The van der Waals surface area contributed by atoms with Gasteiger partial charge in [0, 0.05) is 27.6 Å². The van der Waals surface area contributed by atoms with Gasteiger partial charge < -0.3 is 0 Å². The maximum Gasteiger partial charge on any atom is 0.0672 e. The maximum atomic E-state index is 6.02. The van der Waals surface area contributed by atoms with Gasteiger partial charge in [-0.15, -0.1) is 0 Å². The van der Waals surface area contributed by atoms with Gasteiger partial charge in [0.2, 0.25) is 0 Å². The lowest BCUT2D eigenvalue weighted by molar-refractivity contribution is 1.36. The van der Waals surface area contributed by atoms with E-state index >= 15 is 0 Å². The van der Waals surface area contributed by atoms with E-state index in [4.69, 9.17) is 23.2 Å². The molecule has 0 aliphatic rings. The summed E-state index contributed by atoms with van der Waals surface area (Å²) in [6, 6.07) is 3.61. The van der Waals surface area contributed by atoms with Crippen molar-refractivity contribution in [3.05, 3.63) is 39.0 Å². The average Bonchev–Trinajstić information content (AvgIpc) is 2.15. The standard InChI is InChI=1S/C9H4BrCl2N/c10-7-3-8(11)9(12)5-1-2-13-4-6(5)7/h1-4H. The highest BCUT2D eigenvalue weighted by Gasteiger charge is 2.06. The van der Waals surface area contributed by atoms with Crippen LogP contribution in [0.1, 0.15) is 0 Å². The van der Waals surface area contributed by atoms with Gasteiger partial charge in [-0.25, -0.2) is 0 Å². The van der Waals surface area contributed by atoms with Crippen molar-refractivity contribution in [2.45, 2.75) is 0 Å². The van der Waals surface area contributed by atoms with Crippen LogP contribution in [0.5, 0.6) is 0 Å². The average molecular weight is 277 g/mol. The van der Waals surface area contributed by atoms with E-state index < -0.39 is 0 Å². The second kappa shape index (κ2) is 3.45. The fraction of sp³-hybridized carbons (Fsp3) is 0. The number of hydrogen-bond acceptors (Lipinski definition) is 1. The Bertz CT molecular complexity index is 470. The second-order valence-electron chi connectivity index (χ2n) is 2.58. The van der Waals surface area contributed by atoms with Crippen molar-refractivity contribution in [3.8, 4) is 0 Å². The van der Waals surface area contributed by atoms with Gasteiger partial charge in [0.25, 0.3) is 0 Å². The molecule has 1 nitrogen and oxygen atoms in total. The Morgan fingerprint density at radius 1 is 1.23 bits per heavy atom. The van der Waals surface area contributed by atoms with Crippen LogP contribution in [-0.4, -0.2) is 4.98 Å². The lowest BCUT2D eigenvalue weighted by atomic mass is 10.2. The van der Waals surface area contributed by atoms with Crippen molar-refractivity contribution in [2.24, 2.45) is 0 Å². The van der Waals surface area contributed by atoms with Crippen LogP contribution in [0.25, 0.3) is 10.8 Å². The highest BCUT2D eigenvalue weighted by atomic mass is 79.9. The molecule has 0 aliphatic carbocycles. The predicted octanol–water partition coefficient (Wildman–Crippen LogP) is 4.30. The van der Waals surface area contributed by atoms with E-state index in [2.05, 4.69) is 20.9 Å². The summed E-state index contributed by atoms with van der Waals surface area (Å²) in [7, 11) is 0. The van der Waals surface area contributed by atoms with Crippen LogP contribution < -0.4 is 0 Å². The summed E-state index contributed by atoms with van der Waals surface area (Å²) in [6.45, 7) is 0. The summed E-state index contributed by atoms with van der Waals surface area (Å²) in [5, 5.41) is 3.00. The van der Waals surface area contributed by atoms with Gasteiger partial charge in [-0.2, -0.15) is 0 Å². The van der Waals surface area contributed by atoms with Gasteiger partial charge in [-0.1, -0.05) is 39.1 Å². The van der Waals surface area contributed by atoms with E-state index in [-0.39, 0.29) is 0 Å². The molecule has 66 valence electrons. The molecule has 0 aliphatic heterocycles. The highest BCUT2D eigenvalue weighted by Crippen LogP contribution is 2.35. The van der Waals surface area contributed by atoms with Crippen molar-refractivity contribution in [3.63, 3.8) is 0 Å². The predicted molar refractivity (Wildman–Crippen MR) is 59.5 cm³/mol. The van der Waals surface area contributed by atoms with E-state index in [9.17, 15) is 0 Å². The molecule has 0 spiro atoms. The Morgan fingerprint density at radius 3 is 2.77 bits per heavy atom. The zero-order chi connectivity index (χ0) is 9.42. The summed E-state index contributed by atoms with van der Waals surface area (Å²) in [4.78, 5) is 4.01. The first-order valence-electron chi connectivity index (χ1n) is 3.57. The molecule has 0 saturated carbocycles. The molecule has 0 amide bonds. The number of halogens is 3. The van der Waals surface area contributed by atoms with E-state index in [1.165, 1.54) is 0 Å². The van der Waals surface area contributed by atoms with E-state index in [0.29, 0.717) is 10.0 Å². The molecule has 2 rings (SSSR count). The van der Waals surface area contributed by atoms with Gasteiger partial charge in [-0.3, -0.25) is 4.98 Å². The van der Waals surface area contributed by atoms with Gasteiger partial charge in [0.15, 0.2) is 0 Å². The fourth-order valence-electron chi connectivity index (χ4n) is 1.16. The lowest BCUT2D eigenvalue weighted by Crippen LogP contribution is -1.79. The topological polar surface area (TPSA) is 12.9 Å². The van der Waals surface area contributed by atoms with Crippen LogP contribution in [0.3, 0.4) is 0 Å². The molecule has 0 saturated heterocycles. The monoisotopic (exact) mass is 275 g/mol. The third kappa shape index (κ3) is 1.54. The summed E-state index contributed by atoms with van der Waals surface area (Å²) >= 11 is 15.3. The second-order valence-corrected chi connectivity index (χ2v) is 4.21. The van der Waals surface area contributed by atoms with Crippen LogP contribution in [-0.2, 0) is 0 Å². The summed E-state index contributed by atoms with van der Waals surface area (Å²) in [6.07, 6.45) is 3.44. The molecule has 0 bridgehead atoms. The first kappa shape index (κ1) is 9.25. The Balaban J connectivity index is 2.97. The summed E-state index contributed by atoms with van der Waals surface area (Å²) in [5.41, 5.74) is 0. The van der Waals surface area contributed by atoms with Gasteiger partial charge >= 0.3 is 0 Å². The molecule has 1 aromatic heterocycles. The Morgan fingerprint density at radius 2 is 2.00 bits per heavy atom. The summed E-state index contributed by atoms with van der Waals surface area (Å²) in [5.74, 6) is 0. The first-order valence-corrected chi connectivity index (χ1v) is 5.12. The first-order chi connectivity index (χ1) is 6.20. The molecule has 0 atom stereocenters. The van der Waals surface area contributed by atoms with Gasteiger partial charge in [-0.05, 0) is 12.1 Å². The smallest absolute Gasteiger partial charge is 0.0672 e. The molecule has 1 heterocycles. The zero-order valence-electron chi connectivity index (χ0n) is 6.39. The minimum atomic E-state index is 0.548.